The van der Waals surface area contributed by atoms with E-state index >= 15 is 0 Å². The summed E-state index contributed by atoms with van der Waals surface area (Å²) in [5, 5.41) is 0. The Morgan fingerprint density at radius 1 is 1.75 bits per heavy atom. The van der Waals surface area contributed by atoms with Gasteiger partial charge >= 0.3 is 0 Å². The van der Waals surface area contributed by atoms with E-state index < -0.39 is 0 Å². The molecule has 1 aliphatic carbocycles. The molecule has 0 amide bonds. The minimum Gasteiger partial charge on any atom is -0.0773 e. The summed E-state index contributed by atoms with van der Waals surface area (Å²) in [5.74, 6) is 0.441. The molecule has 0 heteroatoms. The van der Waals surface area contributed by atoms with E-state index in [0.717, 1.165) is 6.42 Å². The molecule has 0 heterocycles. The Balaban J connectivity index is 2.51. The fourth-order valence-corrected chi connectivity index (χ4v) is 0.673. The standard InChI is InChI=1S/C8H8/c1-2-8-6-4-3-5-7-8/h1-2,4-6,8H,7H2/t8-/m0/s1. The van der Waals surface area contributed by atoms with E-state index in [9.17, 15) is 0 Å². The van der Waals surface area contributed by atoms with Crippen LogP contribution in [0.25, 0.3) is 0 Å². The number of hydrogen-bond donors (Lipinski definition) is 0. The van der Waals surface area contributed by atoms with E-state index in [1.165, 1.54) is 0 Å². The molecule has 0 saturated carbocycles. The molecule has 1 rings (SSSR count). The van der Waals surface area contributed by atoms with Gasteiger partial charge in [-0.3, -0.25) is 0 Å². The van der Waals surface area contributed by atoms with Crippen molar-refractivity contribution in [1.29, 1.82) is 0 Å². The van der Waals surface area contributed by atoms with Crippen molar-refractivity contribution in [2.75, 3.05) is 0 Å². The van der Waals surface area contributed by atoms with Gasteiger partial charge in [0.25, 0.3) is 0 Å². The lowest BCUT2D eigenvalue weighted by Crippen LogP contribution is -1.90. The maximum absolute atomic E-state index is 5.28. The van der Waals surface area contributed by atoms with E-state index in [2.05, 4.69) is 6.08 Å². The van der Waals surface area contributed by atoms with Crippen LogP contribution in [0, 0.1) is 18.6 Å². The van der Waals surface area contributed by atoms with Crippen LogP contribution in [0.15, 0.2) is 24.3 Å². The molecule has 0 bridgehead atoms. The first kappa shape index (κ1) is 5.36. The molecule has 0 aromatic rings. The van der Waals surface area contributed by atoms with Gasteiger partial charge in [0, 0.05) is 0 Å². The zero-order valence-corrected chi connectivity index (χ0v) is 4.67. The summed E-state index contributed by atoms with van der Waals surface area (Å²) in [6, 6.07) is 0. The molecule has 0 N–H and O–H groups in total. The first-order valence-electron chi connectivity index (χ1n) is 2.73. The van der Waals surface area contributed by atoms with Crippen LogP contribution >= 0.6 is 0 Å². The van der Waals surface area contributed by atoms with Crippen LogP contribution in [-0.4, -0.2) is 0 Å². The lowest BCUT2D eigenvalue weighted by molar-refractivity contribution is 0.820. The topological polar surface area (TPSA) is 0 Å². The molecular formula is C8H8. The minimum atomic E-state index is 0.441. The quantitative estimate of drug-likeness (QED) is 0.476. The molecule has 1 atom stereocenters. The maximum Gasteiger partial charge on any atom is -0.00122 e. The van der Waals surface area contributed by atoms with Gasteiger partial charge in [0.2, 0.25) is 0 Å². The molecule has 0 fully saturated rings. The third kappa shape index (κ3) is 1.09. The Bertz CT molecular complexity index is 129. The van der Waals surface area contributed by atoms with Crippen LogP contribution in [0.3, 0.4) is 0 Å². The summed E-state index contributed by atoms with van der Waals surface area (Å²) >= 11 is 0. The van der Waals surface area contributed by atoms with Gasteiger partial charge in [0.15, 0.2) is 0 Å². The van der Waals surface area contributed by atoms with E-state index in [1.807, 2.05) is 18.2 Å². The van der Waals surface area contributed by atoms with Gasteiger partial charge in [-0.25, -0.2) is 0 Å². The molecule has 40 valence electrons. The molecule has 1 aliphatic rings. The maximum atomic E-state index is 5.28. The van der Waals surface area contributed by atoms with Gasteiger partial charge in [0.1, 0.15) is 0 Å². The summed E-state index contributed by atoms with van der Waals surface area (Å²) in [5.41, 5.74) is 0. The van der Waals surface area contributed by atoms with Crippen LogP contribution in [0.4, 0.5) is 0 Å². The van der Waals surface area contributed by atoms with E-state index in [1.54, 1.807) is 6.08 Å². The fraction of sp³-hybridized carbons (Fsp3) is 0.250. The molecule has 0 spiro atoms. The van der Waals surface area contributed by atoms with Crippen molar-refractivity contribution >= 4 is 0 Å². The highest BCUT2D eigenvalue weighted by Crippen LogP contribution is 2.10. The highest BCUT2D eigenvalue weighted by molar-refractivity contribution is 5.09. The van der Waals surface area contributed by atoms with Gasteiger partial charge in [-0.05, 0) is 18.4 Å². The minimum absolute atomic E-state index is 0.441. The Labute approximate surface area is 50.2 Å². The molecule has 2 radical (unpaired) electrons. The first-order chi connectivity index (χ1) is 3.93. The predicted octanol–water partition coefficient (Wildman–Crippen LogP) is 1.91. The Hall–Kier alpha value is -0.780. The zero-order valence-electron chi connectivity index (χ0n) is 4.67. The van der Waals surface area contributed by atoms with Crippen LogP contribution in [0.2, 0.25) is 0 Å². The van der Waals surface area contributed by atoms with Gasteiger partial charge < -0.3 is 0 Å². The molecule has 0 aliphatic heterocycles. The van der Waals surface area contributed by atoms with Crippen molar-refractivity contribution in [3.05, 3.63) is 37.0 Å². The Morgan fingerprint density at radius 2 is 2.62 bits per heavy atom. The summed E-state index contributed by atoms with van der Waals surface area (Å²) in [6.45, 7) is 5.28. The van der Waals surface area contributed by atoms with E-state index in [0.29, 0.717) is 5.92 Å². The SMILES string of the molecule is [CH]=C[C@H]1C=C[C]=CC1. The zero-order chi connectivity index (χ0) is 5.82. The number of rotatable bonds is 1. The smallest absolute Gasteiger partial charge is 0.00122 e. The molecule has 0 aromatic carbocycles. The third-order valence-electron chi connectivity index (χ3n) is 1.19. The second-order valence-electron chi connectivity index (χ2n) is 1.82. The summed E-state index contributed by atoms with van der Waals surface area (Å²) < 4.78 is 0. The second-order valence-corrected chi connectivity index (χ2v) is 1.82. The average molecular weight is 104 g/mol. The van der Waals surface area contributed by atoms with Crippen molar-refractivity contribution in [3.63, 3.8) is 0 Å². The lowest BCUT2D eigenvalue weighted by atomic mass is 10.0. The third-order valence-corrected chi connectivity index (χ3v) is 1.19. The summed E-state index contributed by atoms with van der Waals surface area (Å²) in [4.78, 5) is 0. The van der Waals surface area contributed by atoms with Crippen LogP contribution < -0.4 is 0 Å². The summed E-state index contributed by atoms with van der Waals surface area (Å²) in [7, 11) is 0. The van der Waals surface area contributed by atoms with Crippen molar-refractivity contribution in [2.24, 2.45) is 5.92 Å². The fourth-order valence-electron chi connectivity index (χ4n) is 0.673. The largest absolute Gasteiger partial charge is 0.0773 e. The molecule has 0 nitrogen and oxygen atoms in total. The monoisotopic (exact) mass is 104 g/mol. The lowest BCUT2D eigenvalue weighted by Gasteiger charge is -2.03. The molecule has 0 aromatic heterocycles. The van der Waals surface area contributed by atoms with E-state index in [4.69, 9.17) is 6.58 Å². The average Bonchev–Trinajstić information content (AvgIpc) is 1.90. The van der Waals surface area contributed by atoms with Crippen LogP contribution in [0.1, 0.15) is 6.42 Å². The Kier molecular flexibility index (Phi) is 1.68. The highest BCUT2D eigenvalue weighted by Gasteiger charge is 1.96. The normalized spacial score (nSPS) is 25.8. The highest BCUT2D eigenvalue weighted by atomic mass is 14.0. The van der Waals surface area contributed by atoms with Gasteiger partial charge in [-0.2, -0.15) is 0 Å². The van der Waals surface area contributed by atoms with E-state index in [-0.39, 0.29) is 0 Å². The van der Waals surface area contributed by atoms with Crippen molar-refractivity contribution in [1.82, 2.24) is 0 Å². The molecule has 0 unspecified atom stereocenters. The predicted molar refractivity (Wildman–Crippen MR) is 33.9 cm³/mol. The molecular weight excluding hydrogens is 96.1 g/mol. The van der Waals surface area contributed by atoms with Crippen molar-refractivity contribution in [3.8, 4) is 0 Å². The molecule has 8 heavy (non-hydrogen) atoms. The summed E-state index contributed by atoms with van der Waals surface area (Å²) in [6.07, 6.45) is 11.6. The Morgan fingerprint density at radius 3 is 3.00 bits per heavy atom. The molecule has 0 saturated heterocycles. The van der Waals surface area contributed by atoms with Crippen molar-refractivity contribution < 1.29 is 0 Å². The van der Waals surface area contributed by atoms with Crippen LogP contribution in [-0.2, 0) is 0 Å². The van der Waals surface area contributed by atoms with Crippen molar-refractivity contribution in [2.45, 2.75) is 6.42 Å². The second kappa shape index (κ2) is 2.51. The van der Waals surface area contributed by atoms with Gasteiger partial charge in [-0.1, -0.05) is 30.9 Å². The van der Waals surface area contributed by atoms with Crippen LogP contribution in [0.5, 0.6) is 0 Å². The van der Waals surface area contributed by atoms with Gasteiger partial charge in [0.05, 0.1) is 0 Å². The number of hydrogen-bond acceptors (Lipinski definition) is 0. The van der Waals surface area contributed by atoms with Gasteiger partial charge in [-0.15, -0.1) is 0 Å². The number of allylic oxidation sites excluding steroid dienone is 5. The first-order valence-corrected chi connectivity index (χ1v) is 2.73.